The van der Waals surface area contributed by atoms with Crippen LogP contribution in [0.3, 0.4) is 0 Å². The van der Waals surface area contributed by atoms with Gasteiger partial charge in [-0.15, -0.1) is 0 Å². The first-order valence-electron chi connectivity index (χ1n) is 5.71. The number of nitrogens with one attached hydrogen (secondary N) is 1. The Morgan fingerprint density at radius 3 is 2.75 bits per heavy atom. The van der Waals surface area contributed by atoms with Gasteiger partial charge in [-0.3, -0.25) is 4.57 Å². The van der Waals surface area contributed by atoms with Crippen LogP contribution in [0.5, 0.6) is 0 Å². The molecule has 0 unspecified atom stereocenters. The lowest BCUT2D eigenvalue weighted by atomic mass is 10.1. The summed E-state index contributed by atoms with van der Waals surface area (Å²) in [5.41, 5.74) is 1.70. The lowest BCUT2D eigenvalue weighted by molar-refractivity contribution is 0.622. The third-order valence-electron chi connectivity index (χ3n) is 3.01. The maximum Gasteiger partial charge on any atom is 0.182 e. The van der Waals surface area contributed by atoms with Crippen molar-refractivity contribution in [1.29, 1.82) is 5.26 Å². The smallest absolute Gasteiger partial charge is 0.182 e. The average Bonchev–Trinajstić information content (AvgIpc) is 2.76. The molecular formula is C14H7ClFN3S. The van der Waals surface area contributed by atoms with Crippen LogP contribution in [0.2, 0.25) is 5.02 Å². The predicted molar refractivity (Wildman–Crippen MR) is 78.1 cm³/mol. The van der Waals surface area contributed by atoms with Crippen LogP contribution in [0.1, 0.15) is 5.56 Å². The molecule has 3 nitrogen and oxygen atoms in total. The molecular weight excluding hydrogens is 297 g/mol. The van der Waals surface area contributed by atoms with Crippen molar-refractivity contribution in [3.05, 3.63) is 57.6 Å². The molecule has 3 aromatic rings. The van der Waals surface area contributed by atoms with Crippen LogP contribution in [0.15, 0.2) is 36.4 Å². The van der Waals surface area contributed by atoms with E-state index in [4.69, 9.17) is 29.1 Å². The number of nitrogens with zero attached hydrogens (tertiary/aromatic N) is 2. The monoisotopic (exact) mass is 303 g/mol. The van der Waals surface area contributed by atoms with Gasteiger partial charge in [-0.05, 0) is 36.5 Å². The van der Waals surface area contributed by atoms with Gasteiger partial charge >= 0.3 is 0 Å². The van der Waals surface area contributed by atoms with E-state index in [1.165, 1.54) is 12.1 Å². The minimum Gasteiger partial charge on any atom is -0.329 e. The molecule has 0 radical (unpaired) electrons. The number of nitriles is 1. The summed E-state index contributed by atoms with van der Waals surface area (Å²) in [5, 5.41) is 9.66. The summed E-state index contributed by atoms with van der Waals surface area (Å²) in [6.07, 6.45) is 0. The molecule has 0 saturated carbocycles. The zero-order valence-electron chi connectivity index (χ0n) is 10.0. The van der Waals surface area contributed by atoms with Crippen molar-refractivity contribution in [2.75, 3.05) is 0 Å². The van der Waals surface area contributed by atoms with Crippen LogP contribution >= 0.6 is 23.8 Å². The van der Waals surface area contributed by atoms with Crippen LogP contribution in [0.4, 0.5) is 4.39 Å². The Labute approximate surface area is 123 Å². The van der Waals surface area contributed by atoms with Gasteiger partial charge in [0.05, 0.1) is 21.7 Å². The van der Waals surface area contributed by atoms with Gasteiger partial charge in [-0.2, -0.15) is 5.26 Å². The van der Waals surface area contributed by atoms with Crippen molar-refractivity contribution in [2.24, 2.45) is 0 Å². The molecule has 0 saturated heterocycles. The molecule has 0 aliphatic rings. The molecule has 20 heavy (non-hydrogen) atoms. The first-order chi connectivity index (χ1) is 9.63. The van der Waals surface area contributed by atoms with E-state index in [2.05, 4.69) is 4.98 Å². The van der Waals surface area contributed by atoms with Gasteiger partial charge < -0.3 is 4.98 Å². The second kappa shape index (κ2) is 4.75. The quantitative estimate of drug-likeness (QED) is 0.679. The number of benzene rings is 2. The first kappa shape index (κ1) is 12.9. The van der Waals surface area contributed by atoms with Crippen molar-refractivity contribution in [3.63, 3.8) is 0 Å². The molecule has 3 rings (SSSR count). The number of aromatic amines is 1. The van der Waals surface area contributed by atoms with Gasteiger partial charge in [0.25, 0.3) is 0 Å². The summed E-state index contributed by atoms with van der Waals surface area (Å²) in [7, 11) is 0. The first-order valence-corrected chi connectivity index (χ1v) is 6.50. The number of rotatable bonds is 1. The molecule has 0 atom stereocenters. The number of fused-ring (bicyclic) bond motifs is 1. The maximum atomic E-state index is 13.7. The van der Waals surface area contributed by atoms with E-state index in [1.54, 1.807) is 28.8 Å². The number of hydrogen-bond acceptors (Lipinski definition) is 2. The van der Waals surface area contributed by atoms with E-state index < -0.39 is 5.82 Å². The third kappa shape index (κ3) is 1.82. The molecule has 0 amide bonds. The number of H-pyrrole nitrogens is 1. The second-order valence-corrected chi connectivity index (χ2v) is 4.94. The third-order valence-corrected chi connectivity index (χ3v) is 3.61. The van der Waals surface area contributed by atoms with E-state index in [1.807, 2.05) is 6.07 Å². The topological polar surface area (TPSA) is 44.5 Å². The SMILES string of the molecule is N#Cc1c(F)cccc1-n1c(=S)[nH]c2c(Cl)cccc21. The molecule has 0 bridgehead atoms. The average molecular weight is 304 g/mol. The number of para-hydroxylation sites is 1. The second-order valence-electron chi connectivity index (χ2n) is 4.15. The Hall–Kier alpha value is -2.16. The van der Waals surface area contributed by atoms with Crippen LogP contribution in [-0.4, -0.2) is 9.55 Å². The van der Waals surface area contributed by atoms with Crippen molar-refractivity contribution >= 4 is 34.9 Å². The number of imidazole rings is 1. The van der Waals surface area contributed by atoms with Crippen molar-refractivity contribution < 1.29 is 4.39 Å². The molecule has 1 heterocycles. The largest absolute Gasteiger partial charge is 0.329 e. The molecule has 98 valence electrons. The molecule has 0 aliphatic heterocycles. The van der Waals surface area contributed by atoms with Crippen molar-refractivity contribution in [2.45, 2.75) is 0 Å². The minimum absolute atomic E-state index is 0.0514. The molecule has 1 N–H and O–H groups in total. The fraction of sp³-hybridized carbons (Fsp3) is 0. The van der Waals surface area contributed by atoms with E-state index in [0.717, 1.165) is 0 Å². The number of halogens is 2. The van der Waals surface area contributed by atoms with Gasteiger partial charge in [0.1, 0.15) is 17.4 Å². The van der Waals surface area contributed by atoms with E-state index >= 15 is 0 Å². The van der Waals surface area contributed by atoms with Gasteiger partial charge in [0.15, 0.2) is 4.77 Å². The van der Waals surface area contributed by atoms with Crippen LogP contribution < -0.4 is 0 Å². The van der Waals surface area contributed by atoms with Crippen LogP contribution in [-0.2, 0) is 0 Å². The molecule has 6 heteroatoms. The van der Waals surface area contributed by atoms with Gasteiger partial charge in [-0.25, -0.2) is 4.39 Å². The Bertz CT molecular complexity index is 920. The summed E-state index contributed by atoms with van der Waals surface area (Å²) in [5.74, 6) is -0.580. The van der Waals surface area contributed by atoms with E-state index in [0.29, 0.717) is 26.5 Å². The highest BCUT2D eigenvalue weighted by atomic mass is 35.5. The van der Waals surface area contributed by atoms with E-state index in [-0.39, 0.29) is 5.56 Å². The highest BCUT2D eigenvalue weighted by Crippen LogP contribution is 2.27. The minimum atomic E-state index is -0.580. The highest BCUT2D eigenvalue weighted by molar-refractivity contribution is 7.71. The molecule has 1 aromatic heterocycles. The normalized spacial score (nSPS) is 10.7. The lowest BCUT2D eigenvalue weighted by Crippen LogP contribution is -1.99. The van der Waals surface area contributed by atoms with Gasteiger partial charge in [0.2, 0.25) is 0 Å². The van der Waals surface area contributed by atoms with Crippen molar-refractivity contribution in [1.82, 2.24) is 9.55 Å². The number of aromatic nitrogens is 2. The fourth-order valence-corrected chi connectivity index (χ4v) is 2.66. The summed E-state index contributed by atoms with van der Waals surface area (Å²) >= 11 is 11.4. The number of hydrogen-bond donors (Lipinski definition) is 1. The fourth-order valence-electron chi connectivity index (χ4n) is 2.14. The Balaban J connectivity index is 2.46. The van der Waals surface area contributed by atoms with Gasteiger partial charge in [-0.1, -0.05) is 23.7 Å². The summed E-state index contributed by atoms with van der Waals surface area (Å²) in [4.78, 5) is 2.98. The van der Waals surface area contributed by atoms with Crippen LogP contribution in [0.25, 0.3) is 16.7 Å². The maximum absolute atomic E-state index is 13.7. The van der Waals surface area contributed by atoms with E-state index in [9.17, 15) is 4.39 Å². The van der Waals surface area contributed by atoms with Gasteiger partial charge in [0, 0.05) is 0 Å². The summed E-state index contributed by atoms with van der Waals surface area (Å²) in [6, 6.07) is 11.6. The molecule has 0 spiro atoms. The lowest BCUT2D eigenvalue weighted by Gasteiger charge is -2.07. The molecule has 0 fully saturated rings. The Morgan fingerprint density at radius 2 is 2.00 bits per heavy atom. The standard InChI is InChI=1S/C14H7ClFN3S/c15-9-3-1-6-12-13(9)18-14(20)19(12)11-5-2-4-10(16)8(11)7-17/h1-6H,(H,18,20). The molecule has 0 aliphatic carbocycles. The summed E-state index contributed by atoms with van der Waals surface area (Å²) in [6.45, 7) is 0. The Kier molecular flexibility index (Phi) is 3.05. The zero-order chi connectivity index (χ0) is 14.3. The Morgan fingerprint density at radius 1 is 1.25 bits per heavy atom. The highest BCUT2D eigenvalue weighted by Gasteiger charge is 2.14. The van der Waals surface area contributed by atoms with Crippen molar-refractivity contribution in [3.8, 4) is 11.8 Å². The predicted octanol–water partition coefficient (Wildman–Crippen LogP) is 4.35. The van der Waals surface area contributed by atoms with Crippen LogP contribution in [0, 0.1) is 21.9 Å². The summed E-state index contributed by atoms with van der Waals surface area (Å²) < 4.78 is 15.7. The molecule has 2 aromatic carbocycles. The zero-order valence-corrected chi connectivity index (χ0v) is 11.6.